The minimum absolute atomic E-state index is 0.153. The summed E-state index contributed by atoms with van der Waals surface area (Å²) in [5, 5.41) is 43.5. The number of hydrogen-bond acceptors (Lipinski definition) is 4. The van der Waals surface area contributed by atoms with Crippen LogP contribution in [0.3, 0.4) is 0 Å². The van der Waals surface area contributed by atoms with Crippen molar-refractivity contribution < 1.29 is 20.4 Å². The molecule has 0 spiro atoms. The average Bonchev–Trinajstić information content (AvgIpc) is 2.65. The summed E-state index contributed by atoms with van der Waals surface area (Å²) in [6.07, 6.45) is -0.927. The first-order chi connectivity index (χ1) is 12.6. The quantitative estimate of drug-likeness (QED) is 0.452. The average molecular weight is 346 g/mol. The lowest BCUT2D eigenvalue weighted by Crippen LogP contribution is -2.05. The fourth-order valence-corrected chi connectivity index (χ4v) is 3.44. The van der Waals surface area contributed by atoms with Crippen molar-refractivity contribution in [3.63, 3.8) is 0 Å². The monoisotopic (exact) mass is 346 g/mol. The molecule has 1 unspecified atom stereocenters. The number of phenols is 2. The van der Waals surface area contributed by atoms with Crippen molar-refractivity contribution in [1.29, 1.82) is 0 Å². The van der Waals surface area contributed by atoms with Crippen molar-refractivity contribution in [3.05, 3.63) is 83.4 Å². The van der Waals surface area contributed by atoms with E-state index in [0.29, 0.717) is 16.7 Å². The van der Waals surface area contributed by atoms with Crippen molar-refractivity contribution >= 4 is 21.5 Å². The van der Waals surface area contributed by atoms with E-state index in [9.17, 15) is 20.4 Å². The zero-order valence-corrected chi connectivity index (χ0v) is 13.9. The summed E-state index contributed by atoms with van der Waals surface area (Å²) in [6, 6.07) is 19.2. The number of aliphatic hydroxyl groups is 2. The molecule has 4 N–H and O–H groups in total. The molecular weight excluding hydrogens is 328 g/mol. The zero-order chi connectivity index (χ0) is 18.3. The van der Waals surface area contributed by atoms with Gasteiger partial charge < -0.3 is 20.4 Å². The topological polar surface area (TPSA) is 80.9 Å². The predicted octanol–water partition coefficient (Wildman–Crippen LogP) is 3.98. The summed E-state index contributed by atoms with van der Waals surface area (Å²) in [6.45, 7) is -0.190. The van der Waals surface area contributed by atoms with E-state index in [1.165, 1.54) is 0 Å². The van der Waals surface area contributed by atoms with Crippen LogP contribution >= 0.6 is 0 Å². The van der Waals surface area contributed by atoms with Crippen LogP contribution in [0.1, 0.15) is 22.8 Å². The van der Waals surface area contributed by atoms with Crippen LogP contribution in [-0.2, 0) is 6.61 Å². The maximum Gasteiger partial charge on any atom is 0.116 e. The molecule has 0 radical (unpaired) electrons. The van der Waals surface area contributed by atoms with Crippen molar-refractivity contribution in [2.75, 3.05) is 0 Å². The minimum atomic E-state index is -0.927. The molecule has 0 aliphatic heterocycles. The highest BCUT2D eigenvalue weighted by atomic mass is 16.3. The Labute approximate surface area is 150 Å². The number of benzene rings is 4. The number of aliphatic hydroxyl groups excluding tert-OH is 2. The van der Waals surface area contributed by atoms with E-state index in [2.05, 4.69) is 0 Å². The summed E-state index contributed by atoms with van der Waals surface area (Å²) in [7, 11) is 0. The molecule has 0 aliphatic carbocycles. The fourth-order valence-electron chi connectivity index (χ4n) is 3.44. The van der Waals surface area contributed by atoms with Crippen molar-refractivity contribution in [2.24, 2.45) is 0 Å². The van der Waals surface area contributed by atoms with Gasteiger partial charge in [0.25, 0.3) is 0 Å². The highest BCUT2D eigenvalue weighted by Gasteiger charge is 2.18. The number of phenolic OH excluding ortho intramolecular Hbond substituents is 2. The van der Waals surface area contributed by atoms with E-state index >= 15 is 0 Å². The van der Waals surface area contributed by atoms with Gasteiger partial charge in [-0.1, -0.05) is 36.4 Å². The van der Waals surface area contributed by atoms with Crippen LogP contribution in [0.25, 0.3) is 21.5 Å². The Kier molecular flexibility index (Phi) is 3.99. The Morgan fingerprint density at radius 3 is 2.08 bits per heavy atom. The van der Waals surface area contributed by atoms with E-state index in [1.807, 2.05) is 24.3 Å². The minimum Gasteiger partial charge on any atom is -0.508 e. The standard InChI is InChI=1S/C22H18O4/c23-12-17-4-2-15-11-19(25)7-8-20(15)21(17)22(26)16-3-1-14-10-18(24)6-5-13(14)9-16/h1-11,22-26H,12H2. The molecule has 4 aromatic rings. The molecule has 0 amide bonds. The van der Waals surface area contributed by atoms with Gasteiger partial charge in [0.05, 0.1) is 6.61 Å². The van der Waals surface area contributed by atoms with Crippen LogP contribution in [0.5, 0.6) is 11.5 Å². The second-order valence-electron chi connectivity index (χ2n) is 6.40. The third-order valence-corrected chi connectivity index (χ3v) is 4.74. The molecule has 130 valence electrons. The van der Waals surface area contributed by atoms with Crippen LogP contribution in [0.4, 0.5) is 0 Å². The summed E-state index contributed by atoms with van der Waals surface area (Å²) >= 11 is 0. The second-order valence-corrected chi connectivity index (χ2v) is 6.40. The molecule has 1 atom stereocenters. The van der Waals surface area contributed by atoms with Crippen LogP contribution in [0, 0.1) is 0 Å². The van der Waals surface area contributed by atoms with Gasteiger partial charge in [0.1, 0.15) is 17.6 Å². The molecule has 0 fully saturated rings. The number of hydrogen-bond donors (Lipinski definition) is 4. The van der Waals surface area contributed by atoms with Crippen LogP contribution in [-0.4, -0.2) is 20.4 Å². The van der Waals surface area contributed by atoms with Crippen molar-refractivity contribution in [3.8, 4) is 11.5 Å². The maximum atomic E-state index is 11.1. The van der Waals surface area contributed by atoms with Gasteiger partial charge in [-0.25, -0.2) is 0 Å². The molecule has 4 rings (SSSR count). The molecule has 26 heavy (non-hydrogen) atoms. The molecule has 0 saturated heterocycles. The van der Waals surface area contributed by atoms with Gasteiger partial charge in [0.15, 0.2) is 0 Å². The van der Waals surface area contributed by atoms with Gasteiger partial charge in [0.2, 0.25) is 0 Å². The first-order valence-corrected chi connectivity index (χ1v) is 8.33. The first-order valence-electron chi connectivity index (χ1n) is 8.33. The lowest BCUT2D eigenvalue weighted by Gasteiger charge is -2.19. The molecule has 4 nitrogen and oxygen atoms in total. The Hall–Kier alpha value is -3.08. The van der Waals surface area contributed by atoms with Gasteiger partial charge in [-0.3, -0.25) is 0 Å². The van der Waals surface area contributed by atoms with Gasteiger partial charge in [-0.05, 0) is 68.6 Å². The summed E-state index contributed by atoms with van der Waals surface area (Å²) in [5.74, 6) is 0.349. The largest absolute Gasteiger partial charge is 0.508 e. The second kappa shape index (κ2) is 6.33. The Morgan fingerprint density at radius 1 is 0.692 bits per heavy atom. The smallest absolute Gasteiger partial charge is 0.116 e. The molecule has 0 aromatic heterocycles. The Bertz CT molecular complexity index is 1120. The highest BCUT2D eigenvalue weighted by Crippen LogP contribution is 2.35. The predicted molar refractivity (Wildman–Crippen MR) is 101 cm³/mol. The lowest BCUT2D eigenvalue weighted by atomic mass is 9.90. The number of fused-ring (bicyclic) bond motifs is 2. The van der Waals surface area contributed by atoms with Crippen molar-refractivity contribution in [2.45, 2.75) is 12.7 Å². The van der Waals surface area contributed by atoms with Gasteiger partial charge in [-0.2, -0.15) is 0 Å². The van der Waals surface area contributed by atoms with Crippen LogP contribution in [0.15, 0.2) is 66.7 Å². The lowest BCUT2D eigenvalue weighted by molar-refractivity contribution is 0.215. The van der Waals surface area contributed by atoms with E-state index in [1.54, 1.807) is 42.5 Å². The maximum absolute atomic E-state index is 11.1. The third kappa shape index (κ3) is 2.75. The molecule has 0 aliphatic rings. The molecule has 0 heterocycles. The zero-order valence-electron chi connectivity index (χ0n) is 13.9. The first kappa shape index (κ1) is 16.4. The SMILES string of the molecule is OCc1ccc2cc(O)ccc2c1C(O)c1ccc2cc(O)ccc2c1. The van der Waals surface area contributed by atoms with Gasteiger partial charge >= 0.3 is 0 Å². The summed E-state index contributed by atoms with van der Waals surface area (Å²) in [4.78, 5) is 0. The number of aromatic hydroxyl groups is 2. The molecule has 0 bridgehead atoms. The van der Waals surface area contributed by atoms with E-state index in [4.69, 9.17) is 0 Å². The number of rotatable bonds is 3. The normalized spacial score (nSPS) is 12.5. The van der Waals surface area contributed by atoms with E-state index in [-0.39, 0.29) is 18.1 Å². The van der Waals surface area contributed by atoms with E-state index < -0.39 is 6.10 Å². The molecule has 0 saturated carbocycles. The molecule has 4 aromatic carbocycles. The Balaban J connectivity index is 1.90. The van der Waals surface area contributed by atoms with Crippen LogP contribution in [0.2, 0.25) is 0 Å². The van der Waals surface area contributed by atoms with Gasteiger partial charge in [0, 0.05) is 0 Å². The van der Waals surface area contributed by atoms with E-state index in [0.717, 1.165) is 21.5 Å². The molecular formula is C22H18O4. The third-order valence-electron chi connectivity index (χ3n) is 4.74. The van der Waals surface area contributed by atoms with Crippen LogP contribution < -0.4 is 0 Å². The van der Waals surface area contributed by atoms with Crippen molar-refractivity contribution in [1.82, 2.24) is 0 Å². The fraction of sp³-hybridized carbons (Fsp3) is 0.0909. The van der Waals surface area contributed by atoms with Gasteiger partial charge in [-0.15, -0.1) is 0 Å². The summed E-state index contributed by atoms with van der Waals surface area (Å²) < 4.78 is 0. The summed E-state index contributed by atoms with van der Waals surface area (Å²) in [5.41, 5.74) is 1.96. The highest BCUT2D eigenvalue weighted by molar-refractivity contribution is 5.89. The Morgan fingerprint density at radius 2 is 1.31 bits per heavy atom. The molecule has 4 heteroatoms.